The van der Waals surface area contributed by atoms with Crippen LogP contribution in [0, 0.1) is 5.82 Å². The lowest BCUT2D eigenvalue weighted by molar-refractivity contribution is 0.0598. The Balaban J connectivity index is 3.34. The summed E-state index contributed by atoms with van der Waals surface area (Å²) in [5.41, 5.74) is -0.212. The molecule has 80 valence electrons. The summed E-state index contributed by atoms with van der Waals surface area (Å²) in [6.07, 6.45) is 0.358. The van der Waals surface area contributed by atoms with E-state index in [1.165, 1.54) is 0 Å². The number of carbonyl (C=O) groups excluding carboxylic acids is 2. The Labute approximate surface area is 85.3 Å². The highest BCUT2D eigenvalue weighted by molar-refractivity contribution is 5.98. The lowest BCUT2D eigenvalue weighted by Gasteiger charge is -2.06. The first-order valence-electron chi connectivity index (χ1n) is 4.10. The lowest BCUT2D eigenvalue weighted by Crippen LogP contribution is -2.07. The van der Waals surface area contributed by atoms with Crippen molar-refractivity contribution in [2.24, 2.45) is 0 Å². The molecule has 0 spiro atoms. The van der Waals surface area contributed by atoms with Gasteiger partial charge in [-0.15, -0.1) is 0 Å². The number of hydrogen-bond donors (Lipinski definition) is 1. The summed E-state index contributed by atoms with van der Waals surface area (Å²) < 4.78 is 17.5. The van der Waals surface area contributed by atoms with E-state index in [9.17, 15) is 14.0 Å². The molecule has 4 nitrogen and oxygen atoms in total. The van der Waals surface area contributed by atoms with Crippen molar-refractivity contribution in [3.05, 3.63) is 34.6 Å². The molecule has 1 aromatic carbocycles. The van der Waals surface area contributed by atoms with E-state index < -0.39 is 18.4 Å². The predicted molar refractivity (Wildman–Crippen MR) is 49.0 cm³/mol. The molecular formula is C10H9FO4. The smallest absolute Gasteiger partial charge is 0.338 e. The summed E-state index contributed by atoms with van der Waals surface area (Å²) in [4.78, 5) is 21.8. The van der Waals surface area contributed by atoms with Gasteiger partial charge in [-0.2, -0.15) is 0 Å². The van der Waals surface area contributed by atoms with Crippen molar-refractivity contribution in [3.63, 3.8) is 0 Å². The molecule has 0 radical (unpaired) electrons. The molecule has 1 aromatic rings. The van der Waals surface area contributed by atoms with Gasteiger partial charge in [0.2, 0.25) is 0 Å². The van der Waals surface area contributed by atoms with Crippen LogP contribution in [0.1, 0.15) is 26.3 Å². The molecule has 0 aliphatic rings. The number of methoxy groups -OCH3 is 1. The van der Waals surface area contributed by atoms with E-state index >= 15 is 0 Å². The second-order valence-corrected chi connectivity index (χ2v) is 2.80. The molecule has 15 heavy (non-hydrogen) atoms. The molecule has 0 saturated heterocycles. The fourth-order valence-electron chi connectivity index (χ4n) is 1.14. The first-order valence-corrected chi connectivity index (χ1v) is 4.10. The zero-order chi connectivity index (χ0) is 11.4. The highest BCUT2D eigenvalue weighted by Crippen LogP contribution is 2.15. The van der Waals surface area contributed by atoms with Crippen molar-refractivity contribution in [1.82, 2.24) is 0 Å². The predicted octanol–water partition coefficient (Wildman–Crippen LogP) is 0.917. The number of ether oxygens (including phenoxy) is 1. The van der Waals surface area contributed by atoms with E-state index in [1.807, 2.05) is 0 Å². The largest absolute Gasteiger partial charge is 0.465 e. The van der Waals surface area contributed by atoms with Gasteiger partial charge in [0.25, 0.3) is 0 Å². The fourth-order valence-corrected chi connectivity index (χ4v) is 1.14. The first kappa shape index (κ1) is 11.3. The molecule has 0 amide bonds. The Morgan fingerprint density at radius 1 is 1.60 bits per heavy atom. The van der Waals surface area contributed by atoms with Crippen LogP contribution in [0.25, 0.3) is 0 Å². The van der Waals surface area contributed by atoms with E-state index in [-0.39, 0.29) is 16.7 Å². The normalized spacial score (nSPS) is 9.80. The van der Waals surface area contributed by atoms with E-state index in [4.69, 9.17) is 5.11 Å². The van der Waals surface area contributed by atoms with Gasteiger partial charge in [0.15, 0.2) is 6.29 Å². The van der Waals surface area contributed by atoms with Gasteiger partial charge in [0.1, 0.15) is 5.82 Å². The molecular weight excluding hydrogens is 203 g/mol. The number of hydrogen-bond acceptors (Lipinski definition) is 4. The van der Waals surface area contributed by atoms with Gasteiger partial charge in [-0.05, 0) is 12.1 Å². The summed E-state index contributed by atoms with van der Waals surface area (Å²) >= 11 is 0. The second-order valence-electron chi connectivity index (χ2n) is 2.80. The lowest BCUT2D eigenvalue weighted by atomic mass is 10.0. The molecule has 0 bridgehead atoms. The van der Waals surface area contributed by atoms with Crippen molar-refractivity contribution < 1.29 is 23.8 Å². The van der Waals surface area contributed by atoms with Crippen LogP contribution in [0.3, 0.4) is 0 Å². The number of rotatable bonds is 3. The highest BCUT2D eigenvalue weighted by atomic mass is 19.1. The maximum absolute atomic E-state index is 13.1. The number of aliphatic hydroxyl groups is 1. The van der Waals surface area contributed by atoms with Gasteiger partial charge in [0.05, 0.1) is 19.3 Å². The van der Waals surface area contributed by atoms with Crippen LogP contribution in [0.5, 0.6) is 0 Å². The van der Waals surface area contributed by atoms with E-state index in [0.29, 0.717) is 6.29 Å². The topological polar surface area (TPSA) is 63.6 Å². The molecule has 0 fully saturated rings. The third kappa shape index (κ3) is 2.19. The summed E-state index contributed by atoms with van der Waals surface area (Å²) in [5.74, 6) is -1.47. The zero-order valence-corrected chi connectivity index (χ0v) is 7.99. The van der Waals surface area contributed by atoms with E-state index in [2.05, 4.69) is 4.74 Å². The van der Waals surface area contributed by atoms with E-state index in [0.717, 1.165) is 19.2 Å². The van der Waals surface area contributed by atoms with Crippen molar-refractivity contribution in [3.8, 4) is 0 Å². The number of aldehydes is 1. The SMILES string of the molecule is COC(=O)c1cc(CO)c(F)cc1C=O. The molecule has 0 heterocycles. The van der Waals surface area contributed by atoms with Crippen LogP contribution in [-0.4, -0.2) is 24.5 Å². The molecule has 0 unspecified atom stereocenters. The standard InChI is InChI=1S/C10H9FO4/c1-15-10(14)8-2-7(5-13)9(11)3-6(8)4-12/h2-4,13H,5H2,1H3. The monoisotopic (exact) mass is 212 g/mol. The van der Waals surface area contributed by atoms with Gasteiger partial charge >= 0.3 is 5.97 Å². The van der Waals surface area contributed by atoms with Gasteiger partial charge in [-0.3, -0.25) is 4.79 Å². The van der Waals surface area contributed by atoms with E-state index in [1.54, 1.807) is 0 Å². The Kier molecular flexibility index (Phi) is 3.51. The Morgan fingerprint density at radius 3 is 2.73 bits per heavy atom. The van der Waals surface area contributed by atoms with Crippen LogP contribution in [-0.2, 0) is 11.3 Å². The minimum Gasteiger partial charge on any atom is -0.465 e. The second kappa shape index (κ2) is 4.65. The van der Waals surface area contributed by atoms with Crippen molar-refractivity contribution in [2.75, 3.05) is 7.11 Å². The summed E-state index contributed by atoms with van der Waals surface area (Å²) in [5, 5.41) is 8.78. The Hall–Kier alpha value is -1.75. The summed E-state index contributed by atoms with van der Waals surface area (Å²) in [6.45, 7) is -0.547. The van der Waals surface area contributed by atoms with Crippen LogP contribution in [0.2, 0.25) is 0 Å². The minimum atomic E-state index is -0.744. The third-order valence-corrected chi connectivity index (χ3v) is 1.92. The molecule has 0 aromatic heterocycles. The molecule has 1 N–H and O–H groups in total. The van der Waals surface area contributed by atoms with Gasteiger partial charge in [0, 0.05) is 11.1 Å². The van der Waals surface area contributed by atoms with Crippen LogP contribution >= 0.6 is 0 Å². The summed E-state index contributed by atoms with van der Waals surface area (Å²) in [6, 6.07) is 2.00. The average Bonchev–Trinajstić information content (AvgIpc) is 2.27. The maximum atomic E-state index is 13.1. The molecule has 5 heteroatoms. The minimum absolute atomic E-state index is 0.0546. The van der Waals surface area contributed by atoms with Crippen molar-refractivity contribution in [2.45, 2.75) is 6.61 Å². The number of halogens is 1. The Bertz CT molecular complexity index is 401. The Morgan fingerprint density at radius 2 is 2.27 bits per heavy atom. The summed E-state index contributed by atoms with van der Waals surface area (Å²) in [7, 11) is 1.15. The van der Waals surface area contributed by atoms with Crippen LogP contribution < -0.4 is 0 Å². The molecule has 1 rings (SSSR count). The van der Waals surface area contributed by atoms with Gasteiger partial charge < -0.3 is 9.84 Å². The van der Waals surface area contributed by atoms with Crippen LogP contribution in [0.4, 0.5) is 4.39 Å². The first-order chi connectivity index (χ1) is 7.13. The molecule has 0 atom stereocenters. The number of aliphatic hydroxyl groups excluding tert-OH is 1. The zero-order valence-electron chi connectivity index (χ0n) is 7.99. The highest BCUT2D eigenvalue weighted by Gasteiger charge is 2.15. The van der Waals surface area contributed by atoms with Crippen molar-refractivity contribution in [1.29, 1.82) is 0 Å². The molecule has 0 aliphatic carbocycles. The number of carbonyl (C=O) groups is 2. The number of benzene rings is 1. The number of esters is 1. The maximum Gasteiger partial charge on any atom is 0.338 e. The van der Waals surface area contributed by atoms with Crippen LogP contribution in [0.15, 0.2) is 12.1 Å². The third-order valence-electron chi connectivity index (χ3n) is 1.92. The van der Waals surface area contributed by atoms with Gasteiger partial charge in [-0.25, -0.2) is 9.18 Å². The molecule has 0 saturated carbocycles. The quantitative estimate of drug-likeness (QED) is 0.597. The van der Waals surface area contributed by atoms with Gasteiger partial charge in [-0.1, -0.05) is 0 Å². The van der Waals surface area contributed by atoms with Crippen molar-refractivity contribution >= 4 is 12.3 Å². The fraction of sp³-hybridized carbons (Fsp3) is 0.200. The average molecular weight is 212 g/mol. The molecule has 0 aliphatic heterocycles.